The van der Waals surface area contributed by atoms with E-state index in [0.29, 0.717) is 25.7 Å². The van der Waals surface area contributed by atoms with E-state index in [1.807, 2.05) is 0 Å². The predicted octanol–water partition coefficient (Wildman–Crippen LogP) is 20.3. The molecule has 0 aliphatic rings. The maximum absolute atomic E-state index is 13.0. The Labute approximate surface area is 543 Å². The maximum Gasteiger partial charge on any atom is 0.472 e. The number of carbonyl (C=O) groups is 4. The van der Waals surface area contributed by atoms with Crippen molar-refractivity contribution < 1.29 is 80.2 Å². The van der Waals surface area contributed by atoms with Crippen molar-refractivity contribution in [2.24, 2.45) is 0 Å². The Morgan fingerprint density at radius 2 is 0.449 bits per heavy atom. The maximum atomic E-state index is 13.0. The molecule has 3 N–H and O–H groups in total. The van der Waals surface area contributed by atoms with Crippen molar-refractivity contribution >= 4 is 39.5 Å². The van der Waals surface area contributed by atoms with Gasteiger partial charge in [-0.05, 0) is 25.7 Å². The number of unbranched alkanes of at least 4 members (excludes halogenated alkanes) is 45. The van der Waals surface area contributed by atoms with Crippen molar-refractivity contribution in [1.29, 1.82) is 0 Å². The first kappa shape index (κ1) is 87.1. The van der Waals surface area contributed by atoms with Gasteiger partial charge in [0.15, 0.2) is 12.2 Å². The Bertz CT molecular complexity index is 1710. The molecular weight excluding hydrogens is 1170 g/mol. The molecule has 0 aliphatic carbocycles. The second-order valence-electron chi connectivity index (χ2n) is 25.3. The van der Waals surface area contributed by atoms with E-state index in [2.05, 4.69) is 27.7 Å². The van der Waals surface area contributed by atoms with Crippen LogP contribution in [0.1, 0.15) is 368 Å². The van der Waals surface area contributed by atoms with Crippen LogP contribution in [-0.2, 0) is 65.4 Å². The van der Waals surface area contributed by atoms with Gasteiger partial charge in [-0.1, -0.05) is 317 Å². The number of aliphatic hydroxyl groups is 1. The van der Waals surface area contributed by atoms with E-state index < -0.39 is 97.5 Å². The molecule has 0 aromatic carbocycles. The zero-order chi connectivity index (χ0) is 65.4. The van der Waals surface area contributed by atoms with E-state index in [1.165, 1.54) is 199 Å². The van der Waals surface area contributed by atoms with Crippen molar-refractivity contribution in [1.82, 2.24) is 0 Å². The number of phosphoric acid groups is 2. The topological polar surface area (TPSA) is 237 Å². The normalized spacial score (nSPS) is 14.0. The first-order valence-corrected chi connectivity index (χ1v) is 39.8. The molecule has 528 valence electrons. The molecule has 0 saturated carbocycles. The van der Waals surface area contributed by atoms with E-state index in [4.69, 9.17) is 37.0 Å². The number of carbonyl (C=O) groups excluding carboxylic acids is 4. The molecule has 0 amide bonds. The SMILES string of the molecule is CCCCCCCCCCCCCCCC(=O)O[C@H](COC(=O)CCCCCCCCCCCCCC)COP(=O)(O)OCC(O)COP(=O)(O)OC[C@@H](COC(=O)CCCCCCCCCCCCCC)OC(=O)CCCCCCCCCCCCCC. The van der Waals surface area contributed by atoms with Crippen LogP contribution in [0.15, 0.2) is 0 Å². The summed E-state index contributed by atoms with van der Waals surface area (Å²) in [6.45, 7) is 4.95. The highest BCUT2D eigenvalue weighted by Crippen LogP contribution is 2.45. The van der Waals surface area contributed by atoms with Gasteiger partial charge < -0.3 is 33.8 Å². The van der Waals surface area contributed by atoms with Gasteiger partial charge in [0.25, 0.3) is 0 Å². The third kappa shape index (κ3) is 64.6. The Morgan fingerprint density at radius 1 is 0.270 bits per heavy atom. The first-order valence-electron chi connectivity index (χ1n) is 36.8. The van der Waals surface area contributed by atoms with Gasteiger partial charge in [0.05, 0.1) is 26.4 Å². The number of aliphatic hydroxyl groups excluding tert-OH is 1. The Balaban J connectivity index is 5.25. The quantitative estimate of drug-likeness (QED) is 0.0222. The van der Waals surface area contributed by atoms with Gasteiger partial charge >= 0.3 is 39.5 Å². The Hall–Kier alpha value is -1.94. The molecule has 89 heavy (non-hydrogen) atoms. The molecule has 0 heterocycles. The fourth-order valence-corrected chi connectivity index (χ4v) is 12.3. The summed E-state index contributed by atoms with van der Waals surface area (Å²) in [5.41, 5.74) is 0. The first-order chi connectivity index (χ1) is 43.2. The Kier molecular flexibility index (Phi) is 63.3. The molecule has 0 aromatic rings. The molecule has 19 heteroatoms. The average Bonchev–Trinajstić information content (AvgIpc) is 3.71. The minimum absolute atomic E-state index is 0.108. The van der Waals surface area contributed by atoms with E-state index in [9.17, 15) is 43.2 Å². The number of hydrogen-bond acceptors (Lipinski definition) is 15. The number of rotatable bonds is 71. The highest BCUT2D eigenvalue weighted by molar-refractivity contribution is 7.47. The number of phosphoric ester groups is 2. The molecule has 0 radical (unpaired) electrons. The summed E-state index contributed by atoms with van der Waals surface area (Å²) < 4.78 is 68.3. The van der Waals surface area contributed by atoms with Gasteiger partial charge in [0.2, 0.25) is 0 Å². The summed E-state index contributed by atoms with van der Waals surface area (Å²) in [6.07, 6.45) is 52.4. The van der Waals surface area contributed by atoms with Crippen molar-refractivity contribution in [3.63, 3.8) is 0 Å². The molecular formula is C70H136O17P2. The van der Waals surface area contributed by atoms with Gasteiger partial charge in [-0.2, -0.15) is 0 Å². The van der Waals surface area contributed by atoms with Gasteiger partial charge in [-0.15, -0.1) is 0 Å². The summed E-state index contributed by atoms with van der Waals surface area (Å²) in [5, 5.41) is 10.6. The summed E-state index contributed by atoms with van der Waals surface area (Å²) in [5.74, 6) is -2.12. The highest BCUT2D eigenvalue weighted by atomic mass is 31.2. The van der Waals surface area contributed by atoms with Crippen LogP contribution in [0.5, 0.6) is 0 Å². The van der Waals surface area contributed by atoms with Crippen LogP contribution in [0, 0.1) is 0 Å². The minimum Gasteiger partial charge on any atom is -0.462 e. The lowest BCUT2D eigenvalue weighted by Gasteiger charge is -2.21. The van der Waals surface area contributed by atoms with Crippen LogP contribution in [0.2, 0.25) is 0 Å². The van der Waals surface area contributed by atoms with Crippen molar-refractivity contribution in [3.8, 4) is 0 Å². The number of ether oxygens (including phenoxy) is 4. The summed E-state index contributed by atoms with van der Waals surface area (Å²) in [6, 6.07) is 0. The molecule has 17 nitrogen and oxygen atoms in total. The zero-order valence-electron chi connectivity index (χ0n) is 57.4. The predicted molar refractivity (Wildman–Crippen MR) is 359 cm³/mol. The van der Waals surface area contributed by atoms with Crippen molar-refractivity contribution in [2.75, 3.05) is 39.6 Å². The fraction of sp³-hybridized carbons (Fsp3) is 0.943. The highest BCUT2D eigenvalue weighted by Gasteiger charge is 2.30. The molecule has 0 saturated heterocycles. The molecule has 0 bridgehead atoms. The third-order valence-corrected chi connectivity index (χ3v) is 18.3. The van der Waals surface area contributed by atoms with Gasteiger partial charge in [-0.3, -0.25) is 37.3 Å². The number of esters is 4. The standard InChI is InChI=1S/C70H136O17P2/c1-5-9-13-17-21-25-29-33-37-41-45-49-53-57-70(75)87-66(61-81-68(73)55-51-47-43-39-35-31-27-23-19-15-11-7-3)63-85-89(78,79)83-59-64(71)58-82-88(76,77)84-62-65(86-69(74)56-52-48-44-40-36-32-28-24-20-16-12-8-4)60-80-67(72)54-50-46-42-38-34-30-26-22-18-14-10-6-2/h64-66,71H,5-63H2,1-4H3,(H,76,77)(H,78,79)/t64?,65-,66-/m1/s1. The molecule has 0 aromatic heterocycles. The van der Waals surface area contributed by atoms with Gasteiger partial charge in [-0.25, -0.2) is 9.13 Å². The van der Waals surface area contributed by atoms with Crippen LogP contribution >= 0.6 is 15.6 Å². The zero-order valence-corrected chi connectivity index (χ0v) is 59.2. The molecule has 0 fully saturated rings. The summed E-state index contributed by atoms with van der Waals surface area (Å²) in [7, 11) is -9.90. The Morgan fingerprint density at radius 3 is 0.663 bits per heavy atom. The van der Waals surface area contributed by atoms with Crippen molar-refractivity contribution in [3.05, 3.63) is 0 Å². The lowest BCUT2D eigenvalue weighted by Crippen LogP contribution is -2.30. The second kappa shape index (κ2) is 64.8. The average molecular weight is 1310 g/mol. The van der Waals surface area contributed by atoms with Crippen LogP contribution in [0.25, 0.3) is 0 Å². The van der Waals surface area contributed by atoms with Crippen molar-refractivity contribution in [2.45, 2.75) is 386 Å². The second-order valence-corrected chi connectivity index (χ2v) is 28.2. The van der Waals surface area contributed by atoms with Crippen LogP contribution in [-0.4, -0.2) is 96.7 Å². The van der Waals surface area contributed by atoms with E-state index in [-0.39, 0.29) is 25.7 Å². The summed E-state index contributed by atoms with van der Waals surface area (Å²) >= 11 is 0. The molecule has 0 spiro atoms. The van der Waals surface area contributed by atoms with Gasteiger partial charge in [0.1, 0.15) is 19.3 Å². The van der Waals surface area contributed by atoms with Crippen LogP contribution in [0.3, 0.4) is 0 Å². The fourth-order valence-electron chi connectivity index (χ4n) is 10.7. The summed E-state index contributed by atoms with van der Waals surface area (Å²) in [4.78, 5) is 72.5. The molecule has 3 unspecified atom stereocenters. The van der Waals surface area contributed by atoms with Crippen LogP contribution in [0.4, 0.5) is 0 Å². The van der Waals surface area contributed by atoms with E-state index in [1.54, 1.807) is 0 Å². The lowest BCUT2D eigenvalue weighted by molar-refractivity contribution is -0.161. The van der Waals surface area contributed by atoms with Crippen LogP contribution < -0.4 is 0 Å². The largest absolute Gasteiger partial charge is 0.472 e. The monoisotopic (exact) mass is 1310 g/mol. The minimum atomic E-state index is -4.95. The lowest BCUT2D eigenvalue weighted by atomic mass is 10.0. The molecule has 5 atom stereocenters. The van der Waals surface area contributed by atoms with E-state index in [0.717, 1.165) is 89.9 Å². The van der Waals surface area contributed by atoms with Gasteiger partial charge in [0, 0.05) is 25.7 Å². The molecule has 0 aliphatic heterocycles. The molecule has 0 rings (SSSR count). The third-order valence-electron chi connectivity index (χ3n) is 16.4. The smallest absolute Gasteiger partial charge is 0.462 e. The van der Waals surface area contributed by atoms with E-state index >= 15 is 0 Å². The number of hydrogen-bond donors (Lipinski definition) is 3.